The van der Waals surface area contributed by atoms with E-state index in [2.05, 4.69) is 24.5 Å². The lowest BCUT2D eigenvalue weighted by Crippen LogP contribution is -2.47. The second-order valence-corrected chi connectivity index (χ2v) is 3.87. The zero-order valence-corrected chi connectivity index (χ0v) is 8.40. The Hall–Kier alpha value is -0.0800. The summed E-state index contributed by atoms with van der Waals surface area (Å²) in [5, 5.41) is 6.84. The molecule has 2 nitrogen and oxygen atoms in total. The van der Waals surface area contributed by atoms with Crippen LogP contribution < -0.4 is 10.6 Å². The first-order chi connectivity index (χ1) is 5.86. The lowest BCUT2D eigenvalue weighted by atomic mass is 10.0. The van der Waals surface area contributed by atoms with Crippen LogP contribution in [0, 0.1) is 11.8 Å². The molecule has 0 radical (unpaired) electrons. The van der Waals surface area contributed by atoms with E-state index in [9.17, 15) is 0 Å². The van der Waals surface area contributed by atoms with E-state index in [4.69, 9.17) is 0 Å². The maximum absolute atomic E-state index is 3.55. The van der Waals surface area contributed by atoms with Crippen molar-refractivity contribution in [2.24, 2.45) is 11.8 Å². The Labute approximate surface area is 76.1 Å². The molecule has 0 aromatic heterocycles. The third kappa shape index (κ3) is 3.11. The van der Waals surface area contributed by atoms with Crippen molar-refractivity contribution in [3.63, 3.8) is 0 Å². The van der Waals surface area contributed by atoms with Crippen LogP contribution in [0.15, 0.2) is 0 Å². The highest BCUT2D eigenvalue weighted by Gasteiger charge is 2.15. The van der Waals surface area contributed by atoms with E-state index in [1.54, 1.807) is 0 Å². The summed E-state index contributed by atoms with van der Waals surface area (Å²) in [6.07, 6.45) is 2.62. The van der Waals surface area contributed by atoms with Gasteiger partial charge in [0, 0.05) is 19.6 Å². The minimum atomic E-state index is 0.887. The van der Waals surface area contributed by atoms with Crippen LogP contribution >= 0.6 is 0 Å². The summed E-state index contributed by atoms with van der Waals surface area (Å²) in [4.78, 5) is 0. The molecule has 1 fully saturated rings. The second kappa shape index (κ2) is 5.55. The maximum atomic E-state index is 3.55. The summed E-state index contributed by atoms with van der Waals surface area (Å²) in [6, 6.07) is 0. The molecule has 1 saturated heterocycles. The average molecular weight is 170 g/mol. The van der Waals surface area contributed by atoms with Gasteiger partial charge in [-0.05, 0) is 18.4 Å². The molecule has 0 saturated carbocycles. The highest BCUT2D eigenvalue weighted by molar-refractivity contribution is 4.76. The molecular weight excluding hydrogens is 148 g/mol. The van der Waals surface area contributed by atoms with Gasteiger partial charge in [-0.1, -0.05) is 26.7 Å². The standard InChI is InChI=1S/C10H22N2/c1-3-9(4-2)5-11-6-10-7-12-8-10/h9-12H,3-8H2,1-2H3. The molecule has 0 bridgehead atoms. The first-order valence-electron chi connectivity index (χ1n) is 5.28. The molecular formula is C10H22N2. The minimum Gasteiger partial charge on any atom is -0.316 e. The monoisotopic (exact) mass is 170 g/mol. The van der Waals surface area contributed by atoms with E-state index in [0.29, 0.717) is 0 Å². The highest BCUT2D eigenvalue weighted by Crippen LogP contribution is 2.06. The summed E-state index contributed by atoms with van der Waals surface area (Å²) in [5.41, 5.74) is 0. The number of rotatable bonds is 6. The van der Waals surface area contributed by atoms with E-state index in [-0.39, 0.29) is 0 Å². The predicted molar refractivity (Wildman–Crippen MR) is 53.3 cm³/mol. The van der Waals surface area contributed by atoms with Gasteiger partial charge in [0.1, 0.15) is 0 Å². The van der Waals surface area contributed by atoms with Crippen molar-refractivity contribution in [2.75, 3.05) is 26.2 Å². The van der Waals surface area contributed by atoms with Crippen molar-refractivity contribution in [3.8, 4) is 0 Å². The third-order valence-electron chi connectivity index (χ3n) is 2.89. The lowest BCUT2D eigenvalue weighted by Gasteiger charge is -2.28. The fraction of sp³-hybridized carbons (Fsp3) is 1.00. The molecule has 12 heavy (non-hydrogen) atoms. The molecule has 2 heteroatoms. The van der Waals surface area contributed by atoms with Crippen LogP contribution in [0.4, 0.5) is 0 Å². The van der Waals surface area contributed by atoms with Crippen molar-refractivity contribution in [1.29, 1.82) is 0 Å². The van der Waals surface area contributed by atoms with Gasteiger partial charge in [0.15, 0.2) is 0 Å². The molecule has 72 valence electrons. The average Bonchev–Trinajstić information content (AvgIpc) is 2.02. The van der Waals surface area contributed by atoms with E-state index in [1.165, 1.54) is 39.0 Å². The smallest absolute Gasteiger partial charge is 0.000394 e. The van der Waals surface area contributed by atoms with Gasteiger partial charge in [-0.15, -0.1) is 0 Å². The number of hydrogen-bond donors (Lipinski definition) is 2. The fourth-order valence-electron chi connectivity index (χ4n) is 1.56. The first kappa shape index (κ1) is 10.0. The molecule has 0 unspecified atom stereocenters. The van der Waals surface area contributed by atoms with Crippen LogP contribution in [0.5, 0.6) is 0 Å². The second-order valence-electron chi connectivity index (χ2n) is 3.87. The van der Waals surface area contributed by atoms with Crippen LogP contribution in [-0.2, 0) is 0 Å². The quantitative estimate of drug-likeness (QED) is 0.626. The molecule has 0 aliphatic carbocycles. The molecule has 0 spiro atoms. The van der Waals surface area contributed by atoms with E-state index in [0.717, 1.165) is 11.8 Å². The molecule has 1 rings (SSSR count). The predicted octanol–water partition coefficient (Wildman–Crippen LogP) is 1.23. The molecule has 1 aliphatic rings. The van der Waals surface area contributed by atoms with E-state index < -0.39 is 0 Å². The summed E-state index contributed by atoms with van der Waals surface area (Å²) in [7, 11) is 0. The van der Waals surface area contributed by atoms with Gasteiger partial charge < -0.3 is 10.6 Å². The van der Waals surface area contributed by atoms with Gasteiger partial charge in [-0.3, -0.25) is 0 Å². The Bertz CT molecular complexity index is 106. The zero-order chi connectivity index (χ0) is 8.81. The summed E-state index contributed by atoms with van der Waals surface area (Å²) in [6.45, 7) is 9.42. The van der Waals surface area contributed by atoms with Crippen molar-refractivity contribution >= 4 is 0 Å². The Morgan fingerprint density at radius 3 is 2.42 bits per heavy atom. The molecule has 0 amide bonds. The van der Waals surface area contributed by atoms with E-state index >= 15 is 0 Å². The zero-order valence-electron chi connectivity index (χ0n) is 8.40. The SMILES string of the molecule is CCC(CC)CNCC1CNC1. The van der Waals surface area contributed by atoms with Gasteiger partial charge in [-0.2, -0.15) is 0 Å². The number of nitrogens with one attached hydrogen (secondary N) is 2. The summed E-state index contributed by atoms with van der Waals surface area (Å²) >= 11 is 0. The fourth-order valence-corrected chi connectivity index (χ4v) is 1.56. The summed E-state index contributed by atoms with van der Waals surface area (Å²) < 4.78 is 0. The molecule has 0 aromatic carbocycles. The molecule has 1 heterocycles. The topological polar surface area (TPSA) is 24.1 Å². The Morgan fingerprint density at radius 2 is 2.00 bits per heavy atom. The van der Waals surface area contributed by atoms with Gasteiger partial charge in [0.25, 0.3) is 0 Å². The van der Waals surface area contributed by atoms with Crippen LogP contribution in [-0.4, -0.2) is 26.2 Å². The third-order valence-corrected chi connectivity index (χ3v) is 2.89. The van der Waals surface area contributed by atoms with Gasteiger partial charge in [0.2, 0.25) is 0 Å². The van der Waals surface area contributed by atoms with E-state index in [1.807, 2.05) is 0 Å². The van der Waals surface area contributed by atoms with Gasteiger partial charge >= 0.3 is 0 Å². The van der Waals surface area contributed by atoms with Crippen molar-refractivity contribution in [1.82, 2.24) is 10.6 Å². The Kier molecular flexibility index (Phi) is 4.62. The van der Waals surface area contributed by atoms with Crippen molar-refractivity contribution < 1.29 is 0 Å². The highest BCUT2D eigenvalue weighted by atomic mass is 15.0. The molecule has 0 atom stereocenters. The van der Waals surface area contributed by atoms with Gasteiger partial charge in [-0.25, -0.2) is 0 Å². The van der Waals surface area contributed by atoms with Crippen molar-refractivity contribution in [2.45, 2.75) is 26.7 Å². The van der Waals surface area contributed by atoms with Crippen LogP contribution in [0.25, 0.3) is 0 Å². The molecule has 2 N–H and O–H groups in total. The van der Waals surface area contributed by atoms with Crippen molar-refractivity contribution in [3.05, 3.63) is 0 Å². The van der Waals surface area contributed by atoms with Crippen LogP contribution in [0.1, 0.15) is 26.7 Å². The minimum absolute atomic E-state index is 0.887. The van der Waals surface area contributed by atoms with Crippen LogP contribution in [0.3, 0.4) is 0 Å². The summed E-state index contributed by atoms with van der Waals surface area (Å²) in [5.74, 6) is 1.79. The number of hydrogen-bond acceptors (Lipinski definition) is 2. The largest absolute Gasteiger partial charge is 0.316 e. The Balaban J connectivity index is 1.92. The lowest BCUT2D eigenvalue weighted by molar-refractivity contribution is 0.319. The maximum Gasteiger partial charge on any atom is 0.000394 e. The Morgan fingerprint density at radius 1 is 1.33 bits per heavy atom. The normalized spacial score (nSPS) is 18.2. The van der Waals surface area contributed by atoms with Gasteiger partial charge in [0.05, 0.1) is 0 Å². The first-order valence-corrected chi connectivity index (χ1v) is 5.28. The van der Waals surface area contributed by atoms with Crippen LogP contribution in [0.2, 0.25) is 0 Å². The molecule has 1 aliphatic heterocycles. The molecule has 0 aromatic rings.